The zero-order valence-corrected chi connectivity index (χ0v) is 19.8. The van der Waals surface area contributed by atoms with Crippen molar-refractivity contribution < 1.29 is 23.2 Å². The molecular weight excluding hydrogens is 439 g/mol. The molecule has 9 heteroatoms. The smallest absolute Gasteiger partial charge is 0.260 e. The van der Waals surface area contributed by atoms with E-state index in [-0.39, 0.29) is 48.0 Å². The van der Waals surface area contributed by atoms with Crippen LogP contribution in [-0.2, 0) is 9.59 Å². The maximum absolute atomic E-state index is 13.3. The van der Waals surface area contributed by atoms with Gasteiger partial charge in [-0.1, -0.05) is 31.8 Å². The van der Waals surface area contributed by atoms with Crippen molar-refractivity contribution in [1.82, 2.24) is 20.4 Å². The Bertz CT molecular complexity index is 978. The van der Waals surface area contributed by atoms with Crippen LogP contribution in [0, 0.1) is 11.7 Å². The van der Waals surface area contributed by atoms with Crippen molar-refractivity contribution in [2.75, 3.05) is 19.7 Å². The van der Waals surface area contributed by atoms with Crippen LogP contribution in [0.4, 0.5) is 4.39 Å². The number of nitrogens with zero attached hydrogens (tertiary/aromatic N) is 3. The van der Waals surface area contributed by atoms with E-state index in [1.807, 2.05) is 13.8 Å². The SMILES string of the molecule is CC(C)c1noc(C2CC3C(=O)NCCCCCCN(C(=O)COc4ccc(F)cc4)C3C2)n1. The highest BCUT2D eigenvalue weighted by Gasteiger charge is 2.45. The molecule has 1 saturated heterocycles. The number of carbonyl (C=O) groups is 2. The van der Waals surface area contributed by atoms with E-state index in [4.69, 9.17) is 9.26 Å². The van der Waals surface area contributed by atoms with Crippen molar-refractivity contribution in [3.8, 4) is 5.75 Å². The van der Waals surface area contributed by atoms with Crippen LogP contribution in [0.3, 0.4) is 0 Å². The number of hydrogen-bond acceptors (Lipinski definition) is 6. The fourth-order valence-electron chi connectivity index (χ4n) is 4.83. The van der Waals surface area contributed by atoms with E-state index in [1.165, 1.54) is 24.3 Å². The number of hydrogen-bond donors (Lipinski definition) is 1. The molecule has 34 heavy (non-hydrogen) atoms. The highest BCUT2D eigenvalue weighted by molar-refractivity contribution is 5.83. The Morgan fingerprint density at radius 1 is 1.21 bits per heavy atom. The second kappa shape index (κ2) is 11.0. The summed E-state index contributed by atoms with van der Waals surface area (Å²) in [5.41, 5.74) is 0. The van der Waals surface area contributed by atoms with Gasteiger partial charge in [-0.3, -0.25) is 9.59 Å². The number of benzene rings is 1. The number of nitrogens with one attached hydrogen (secondary N) is 1. The number of fused-ring (bicyclic) bond motifs is 1. The fourth-order valence-corrected chi connectivity index (χ4v) is 4.83. The van der Waals surface area contributed by atoms with Gasteiger partial charge in [-0.2, -0.15) is 4.98 Å². The van der Waals surface area contributed by atoms with Crippen molar-refractivity contribution in [2.24, 2.45) is 5.92 Å². The summed E-state index contributed by atoms with van der Waals surface area (Å²) in [6.45, 7) is 5.05. The number of rotatable bonds is 5. The van der Waals surface area contributed by atoms with Crippen LogP contribution in [0.25, 0.3) is 0 Å². The van der Waals surface area contributed by atoms with Crippen LogP contribution in [0.15, 0.2) is 28.8 Å². The van der Waals surface area contributed by atoms with E-state index < -0.39 is 0 Å². The molecule has 3 unspecified atom stereocenters. The lowest BCUT2D eigenvalue weighted by Crippen LogP contribution is -2.48. The molecular formula is C25H33FN4O4. The average molecular weight is 473 g/mol. The highest BCUT2D eigenvalue weighted by Crippen LogP contribution is 2.41. The molecule has 184 valence electrons. The Morgan fingerprint density at radius 3 is 2.71 bits per heavy atom. The Morgan fingerprint density at radius 2 is 1.97 bits per heavy atom. The number of halogens is 1. The molecule has 1 N–H and O–H groups in total. The van der Waals surface area contributed by atoms with Crippen LogP contribution in [0.5, 0.6) is 5.75 Å². The third kappa shape index (κ3) is 5.74. The van der Waals surface area contributed by atoms with Gasteiger partial charge in [0, 0.05) is 31.0 Å². The number of ether oxygens (including phenoxy) is 1. The molecule has 8 nitrogen and oxygen atoms in total. The minimum Gasteiger partial charge on any atom is -0.484 e. The Hall–Kier alpha value is -2.97. The van der Waals surface area contributed by atoms with Crippen molar-refractivity contribution in [3.63, 3.8) is 0 Å². The minimum absolute atomic E-state index is 0.0322. The van der Waals surface area contributed by atoms with Crippen LogP contribution >= 0.6 is 0 Å². The van der Waals surface area contributed by atoms with Gasteiger partial charge in [0.05, 0.1) is 5.92 Å². The Balaban J connectivity index is 1.53. The maximum atomic E-state index is 13.3. The first-order valence-electron chi connectivity index (χ1n) is 12.2. The summed E-state index contributed by atoms with van der Waals surface area (Å²) in [6, 6.07) is 5.32. The quantitative estimate of drug-likeness (QED) is 0.711. The van der Waals surface area contributed by atoms with Crippen LogP contribution in [0.1, 0.15) is 75.9 Å². The number of aromatic nitrogens is 2. The zero-order valence-electron chi connectivity index (χ0n) is 19.8. The lowest BCUT2D eigenvalue weighted by molar-refractivity contribution is -0.138. The van der Waals surface area contributed by atoms with Crippen molar-refractivity contribution in [2.45, 2.75) is 70.3 Å². The highest BCUT2D eigenvalue weighted by atomic mass is 19.1. The molecule has 2 aromatic rings. The van der Waals surface area contributed by atoms with Gasteiger partial charge in [-0.05, 0) is 49.9 Å². The number of carbonyl (C=O) groups excluding carboxylic acids is 2. The molecule has 2 aliphatic rings. The molecule has 1 aliphatic heterocycles. The molecule has 0 bridgehead atoms. The lowest BCUT2D eigenvalue weighted by atomic mass is 10.00. The first kappa shape index (κ1) is 24.2. The summed E-state index contributed by atoms with van der Waals surface area (Å²) < 4.78 is 24.4. The minimum atomic E-state index is -0.363. The fraction of sp³-hybridized carbons (Fsp3) is 0.600. The van der Waals surface area contributed by atoms with E-state index in [1.54, 1.807) is 4.90 Å². The van der Waals surface area contributed by atoms with Crippen LogP contribution in [0.2, 0.25) is 0 Å². The van der Waals surface area contributed by atoms with Gasteiger partial charge >= 0.3 is 0 Å². The van der Waals surface area contributed by atoms with E-state index >= 15 is 0 Å². The van der Waals surface area contributed by atoms with E-state index in [9.17, 15) is 14.0 Å². The topological polar surface area (TPSA) is 97.6 Å². The Labute approximate surface area is 199 Å². The summed E-state index contributed by atoms with van der Waals surface area (Å²) in [5.74, 6) is 0.741. The number of amides is 2. The first-order chi connectivity index (χ1) is 16.4. The predicted octanol–water partition coefficient (Wildman–Crippen LogP) is 3.79. The molecule has 0 spiro atoms. The second-order valence-corrected chi connectivity index (χ2v) is 9.52. The molecule has 1 aromatic carbocycles. The summed E-state index contributed by atoms with van der Waals surface area (Å²) in [6.07, 6.45) is 4.92. The van der Waals surface area contributed by atoms with Gasteiger partial charge < -0.3 is 19.5 Å². The molecule has 1 aliphatic carbocycles. The lowest BCUT2D eigenvalue weighted by Gasteiger charge is -2.32. The molecule has 1 aromatic heterocycles. The summed E-state index contributed by atoms with van der Waals surface area (Å²) in [7, 11) is 0. The van der Waals surface area contributed by atoms with Gasteiger partial charge in [-0.25, -0.2) is 4.39 Å². The summed E-state index contributed by atoms with van der Waals surface area (Å²) in [4.78, 5) is 32.8. The monoisotopic (exact) mass is 472 g/mol. The van der Waals surface area contributed by atoms with Crippen molar-refractivity contribution >= 4 is 11.8 Å². The van der Waals surface area contributed by atoms with E-state index in [0.29, 0.717) is 43.4 Å². The Kier molecular flexibility index (Phi) is 7.80. The van der Waals surface area contributed by atoms with Crippen molar-refractivity contribution in [3.05, 3.63) is 41.8 Å². The zero-order chi connectivity index (χ0) is 24.1. The molecule has 1 saturated carbocycles. The summed E-state index contributed by atoms with van der Waals surface area (Å²) >= 11 is 0. The van der Waals surface area contributed by atoms with Gasteiger partial charge in [0.15, 0.2) is 12.4 Å². The van der Waals surface area contributed by atoms with Gasteiger partial charge in [-0.15, -0.1) is 0 Å². The van der Waals surface area contributed by atoms with Crippen molar-refractivity contribution in [1.29, 1.82) is 0 Å². The normalized spacial score (nSPS) is 23.8. The predicted molar refractivity (Wildman–Crippen MR) is 123 cm³/mol. The maximum Gasteiger partial charge on any atom is 0.260 e. The molecule has 4 rings (SSSR count). The van der Waals surface area contributed by atoms with E-state index in [0.717, 1.165) is 25.7 Å². The molecule has 2 amide bonds. The average Bonchev–Trinajstić information content (AvgIpc) is 3.47. The molecule has 0 radical (unpaired) electrons. The molecule has 3 atom stereocenters. The standard InChI is InChI=1S/C25H33FN4O4/c1-16(2)23-28-25(34-29-23)17-13-20-21(14-17)30(12-6-4-3-5-11-27-24(20)32)22(31)15-33-19-9-7-18(26)8-10-19/h7-10,16-17,20-21H,3-6,11-15H2,1-2H3,(H,27,32). The van der Waals surface area contributed by atoms with Gasteiger partial charge in [0.25, 0.3) is 5.91 Å². The van der Waals surface area contributed by atoms with Gasteiger partial charge in [0.1, 0.15) is 11.6 Å². The molecule has 2 fully saturated rings. The third-order valence-corrected chi connectivity index (χ3v) is 6.71. The van der Waals surface area contributed by atoms with Crippen LogP contribution < -0.4 is 10.1 Å². The third-order valence-electron chi connectivity index (χ3n) is 6.71. The van der Waals surface area contributed by atoms with Gasteiger partial charge in [0.2, 0.25) is 11.8 Å². The van der Waals surface area contributed by atoms with Crippen LogP contribution in [-0.4, -0.2) is 52.6 Å². The summed E-state index contributed by atoms with van der Waals surface area (Å²) in [5, 5.41) is 7.14. The first-order valence-corrected chi connectivity index (χ1v) is 12.2. The second-order valence-electron chi connectivity index (χ2n) is 9.52. The molecule has 2 heterocycles. The largest absolute Gasteiger partial charge is 0.484 e. The van der Waals surface area contributed by atoms with E-state index in [2.05, 4.69) is 15.5 Å².